The molecule has 1 N–H and O–H groups in total. The highest BCUT2D eigenvalue weighted by atomic mass is 19.4. The largest absolute Gasteiger partial charge is 0.522 e. The van der Waals surface area contributed by atoms with Gasteiger partial charge in [0.2, 0.25) is 0 Å². The molecule has 0 unspecified atom stereocenters. The monoisotopic (exact) mass is 308 g/mol. The van der Waals surface area contributed by atoms with Crippen LogP contribution in [0.1, 0.15) is 26.5 Å². The molecule has 1 aromatic heterocycles. The Hall–Kier alpha value is -1.61. The van der Waals surface area contributed by atoms with Gasteiger partial charge in [-0.2, -0.15) is 0 Å². The van der Waals surface area contributed by atoms with Crippen LogP contribution in [0, 0.1) is 5.92 Å². The van der Waals surface area contributed by atoms with Crippen LogP contribution >= 0.6 is 0 Å². The van der Waals surface area contributed by atoms with E-state index in [4.69, 9.17) is 4.74 Å². The van der Waals surface area contributed by atoms with Crippen molar-refractivity contribution in [2.75, 3.05) is 0 Å². The first-order valence-corrected chi connectivity index (χ1v) is 6.44. The molecule has 0 saturated carbocycles. The maximum atomic E-state index is 12.5. The summed E-state index contributed by atoms with van der Waals surface area (Å²) >= 11 is 0. The lowest BCUT2D eigenvalue weighted by Crippen LogP contribution is -2.39. The van der Waals surface area contributed by atoms with Crippen LogP contribution in [-0.2, 0) is 9.47 Å². The van der Waals surface area contributed by atoms with Crippen LogP contribution in [0.15, 0.2) is 21.9 Å². The van der Waals surface area contributed by atoms with Crippen LogP contribution in [0.4, 0.5) is 13.2 Å². The quantitative estimate of drug-likeness (QED) is 0.915. The molecule has 0 spiro atoms. The van der Waals surface area contributed by atoms with E-state index in [9.17, 15) is 22.8 Å². The van der Waals surface area contributed by atoms with E-state index in [2.05, 4.69) is 4.74 Å². The van der Waals surface area contributed by atoms with Crippen molar-refractivity contribution in [2.45, 2.75) is 45.1 Å². The second-order valence-corrected chi connectivity index (χ2v) is 4.88. The van der Waals surface area contributed by atoms with Crippen LogP contribution in [0.3, 0.4) is 0 Å². The summed E-state index contributed by atoms with van der Waals surface area (Å²) in [7, 11) is 0. The van der Waals surface area contributed by atoms with Crippen molar-refractivity contribution in [3.8, 4) is 0 Å². The van der Waals surface area contributed by atoms with E-state index in [-0.39, 0.29) is 0 Å². The first-order valence-electron chi connectivity index (χ1n) is 6.44. The summed E-state index contributed by atoms with van der Waals surface area (Å²) < 4.78 is 48.2. The summed E-state index contributed by atoms with van der Waals surface area (Å²) in [5, 5.41) is 0. The van der Waals surface area contributed by atoms with E-state index in [1.807, 2.05) is 4.98 Å². The van der Waals surface area contributed by atoms with Gasteiger partial charge >= 0.3 is 12.1 Å². The molecule has 0 aromatic carbocycles. The van der Waals surface area contributed by atoms with Gasteiger partial charge in [-0.05, 0) is 6.42 Å². The highest BCUT2D eigenvalue weighted by Crippen LogP contribution is 2.39. The Morgan fingerprint density at radius 1 is 1.43 bits per heavy atom. The van der Waals surface area contributed by atoms with Gasteiger partial charge in [0.15, 0.2) is 6.23 Å². The van der Waals surface area contributed by atoms with E-state index in [1.165, 1.54) is 0 Å². The molecule has 0 amide bonds. The van der Waals surface area contributed by atoms with Gasteiger partial charge in [-0.15, -0.1) is 13.2 Å². The molecule has 0 radical (unpaired) electrons. The van der Waals surface area contributed by atoms with Crippen molar-refractivity contribution < 1.29 is 22.6 Å². The molecule has 1 saturated heterocycles. The summed E-state index contributed by atoms with van der Waals surface area (Å²) in [6.07, 6.45) is -6.33. The molecule has 1 aliphatic heterocycles. The topological polar surface area (TPSA) is 73.3 Å². The van der Waals surface area contributed by atoms with Gasteiger partial charge < -0.3 is 4.74 Å². The summed E-state index contributed by atoms with van der Waals surface area (Å²) in [5.41, 5.74) is -1.48. The van der Waals surface area contributed by atoms with Crippen molar-refractivity contribution in [1.29, 1.82) is 0 Å². The zero-order chi connectivity index (χ0) is 15.8. The molecule has 4 atom stereocenters. The molecule has 1 fully saturated rings. The first-order chi connectivity index (χ1) is 9.73. The van der Waals surface area contributed by atoms with Crippen LogP contribution in [0.5, 0.6) is 0 Å². The predicted octanol–water partition coefficient (Wildman–Crippen LogP) is 1.39. The zero-order valence-electron chi connectivity index (χ0n) is 11.4. The molecule has 6 nitrogen and oxygen atoms in total. The van der Waals surface area contributed by atoms with E-state index < -0.39 is 42.0 Å². The molecule has 9 heteroatoms. The van der Waals surface area contributed by atoms with Gasteiger partial charge in [0.25, 0.3) is 5.56 Å². The van der Waals surface area contributed by atoms with E-state index in [1.54, 1.807) is 13.8 Å². The Labute approximate surface area is 117 Å². The minimum atomic E-state index is -4.84. The van der Waals surface area contributed by atoms with E-state index in [0.717, 1.165) is 16.8 Å². The lowest BCUT2D eigenvalue weighted by atomic mass is 9.98. The minimum absolute atomic E-state index is 0.471. The van der Waals surface area contributed by atoms with Gasteiger partial charge in [0.05, 0.1) is 6.10 Å². The molecule has 2 rings (SSSR count). The summed E-state index contributed by atoms with van der Waals surface area (Å²) in [4.78, 5) is 24.7. The number of hydrogen-bond donors (Lipinski definition) is 1. The number of hydrogen-bond acceptors (Lipinski definition) is 4. The number of aromatic amines is 1. The van der Waals surface area contributed by atoms with Crippen molar-refractivity contribution in [1.82, 2.24) is 9.55 Å². The second-order valence-electron chi connectivity index (χ2n) is 4.88. The fraction of sp³-hybridized carbons (Fsp3) is 0.667. The standard InChI is InChI=1S/C12H15F3N2O4/c1-3-7-6(2)9(21-12(13,14)15)10(20-7)17-5-4-8(18)16-11(17)19/h4-7,9-10H,3H2,1-2H3,(H,16,18,19)/t6-,7-,9-,10-/m1/s1. The molecule has 1 aromatic rings. The Morgan fingerprint density at radius 2 is 2.10 bits per heavy atom. The molecule has 118 valence electrons. The third-order valence-corrected chi connectivity index (χ3v) is 3.50. The van der Waals surface area contributed by atoms with Gasteiger partial charge in [-0.25, -0.2) is 4.79 Å². The van der Waals surface area contributed by atoms with Gasteiger partial charge in [0.1, 0.15) is 6.10 Å². The normalized spacial score (nSPS) is 29.8. The summed E-state index contributed by atoms with van der Waals surface area (Å²) in [5.74, 6) is -0.555. The SMILES string of the molecule is CC[C@H]1O[C@@H](n2ccc(=O)[nH]c2=O)[C@H](OC(F)(F)F)[C@@H]1C. The van der Waals surface area contributed by atoms with Crippen molar-refractivity contribution in [3.05, 3.63) is 33.1 Å². The predicted molar refractivity (Wildman–Crippen MR) is 65.6 cm³/mol. The Kier molecular flexibility index (Phi) is 4.24. The number of ether oxygens (including phenoxy) is 2. The molecular formula is C12H15F3N2O4. The Balaban J connectivity index is 2.38. The third-order valence-electron chi connectivity index (χ3n) is 3.50. The van der Waals surface area contributed by atoms with E-state index >= 15 is 0 Å². The number of alkyl halides is 3. The smallest absolute Gasteiger partial charge is 0.351 e. The molecular weight excluding hydrogens is 293 g/mol. The maximum Gasteiger partial charge on any atom is 0.522 e. The minimum Gasteiger partial charge on any atom is -0.351 e. The first kappa shape index (κ1) is 15.8. The van der Waals surface area contributed by atoms with Crippen LogP contribution < -0.4 is 11.2 Å². The Morgan fingerprint density at radius 3 is 2.62 bits per heavy atom. The average molecular weight is 308 g/mol. The van der Waals surface area contributed by atoms with Crippen molar-refractivity contribution >= 4 is 0 Å². The highest BCUT2D eigenvalue weighted by Gasteiger charge is 2.48. The average Bonchev–Trinajstić information content (AvgIpc) is 2.65. The number of nitrogens with zero attached hydrogens (tertiary/aromatic N) is 1. The van der Waals surface area contributed by atoms with Crippen LogP contribution in [-0.4, -0.2) is 28.1 Å². The molecule has 0 aliphatic carbocycles. The number of aromatic nitrogens is 2. The molecule has 1 aliphatic rings. The van der Waals surface area contributed by atoms with Crippen LogP contribution in [0.25, 0.3) is 0 Å². The van der Waals surface area contributed by atoms with Crippen LogP contribution in [0.2, 0.25) is 0 Å². The molecule has 0 bridgehead atoms. The lowest BCUT2D eigenvalue weighted by Gasteiger charge is -2.23. The third kappa shape index (κ3) is 3.35. The Bertz CT molecular complexity index is 610. The van der Waals surface area contributed by atoms with Gasteiger partial charge in [0, 0.05) is 18.2 Å². The zero-order valence-corrected chi connectivity index (χ0v) is 11.4. The number of halogens is 3. The fourth-order valence-electron chi connectivity index (χ4n) is 2.49. The maximum absolute atomic E-state index is 12.5. The summed E-state index contributed by atoms with van der Waals surface area (Å²) in [6.45, 7) is 3.34. The van der Waals surface area contributed by atoms with Crippen molar-refractivity contribution in [2.24, 2.45) is 5.92 Å². The number of H-pyrrole nitrogens is 1. The summed E-state index contributed by atoms with van der Waals surface area (Å²) in [6, 6.07) is 1.04. The fourth-order valence-corrected chi connectivity index (χ4v) is 2.49. The van der Waals surface area contributed by atoms with Gasteiger partial charge in [-0.1, -0.05) is 13.8 Å². The van der Waals surface area contributed by atoms with E-state index in [0.29, 0.717) is 6.42 Å². The number of nitrogens with one attached hydrogen (secondary N) is 1. The lowest BCUT2D eigenvalue weighted by molar-refractivity contribution is -0.353. The van der Waals surface area contributed by atoms with Crippen molar-refractivity contribution in [3.63, 3.8) is 0 Å². The highest BCUT2D eigenvalue weighted by molar-refractivity contribution is 4.92. The van der Waals surface area contributed by atoms with Gasteiger partial charge in [-0.3, -0.25) is 19.1 Å². The second kappa shape index (κ2) is 5.64. The molecule has 2 heterocycles. The molecule has 21 heavy (non-hydrogen) atoms. The number of rotatable bonds is 3.